The summed E-state index contributed by atoms with van der Waals surface area (Å²) in [5, 5.41) is 0. The van der Waals surface area contributed by atoms with Gasteiger partial charge >= 0.3 is 0 Å². The highest BCUT2D eigenvalue weighted by atomic mass is 19.1. The van der Waals surface area contributed by atoms with E-state index in [-0.39, 0.29) is 5.91 Å². The molecule has 0 N–H and O–H groups in total. The molecule has 0 aliphatic carbocycles. The van der Waals surface area contributed by atoms with Crippen molar-refractivity contribution in [1.82, 2.24) is 14.9 Å². The maximum atomic E-state index is 13.6. The Kier molecular flexibility index (Phi) is 6.04. The first-order chi connectivity index (χ1) is 16.5. The molecule has 2 aromatic carbocycles. The molecule has 2 aliphatic rings. The SMILES string of the molecule is CN(C)c1nc(N2CCN(c3ccccc3)CC2)nc2c1CN(C(=O)c1cccc(F)c1)CC2. The smallest absolute Gasteiger partial charge is 0.254 e. The first kappa shape index (κ1) is 22.1. The molecule has 7 nitrogen and oxygen atoms in total. The lowest BCUT2D eigenvalue weighted by atomic mass is 10.0. The number of nitrogens with zero attached hydrogens (tertiary/aromatic N) is 6. The van der Waals surface area contributed by atoms with Gasteiger partial charge in [0.25, 0.3) is 5.91 Å². The quantitative estimate of drug-likeness (QED) is 0.596. The molecule has 8 heteroatoms. The zero-order valence-electron chi connectivity index (χ0n) is 19.6. The number of aromatic nitrogens is 2. The molecule has 0 spiro atoms. The summed E-state index contributed by atoms with van der Waals surface area (Å²) in [5.41, 5.74) is 3.56. The van der Waals surface area contributed by atoms with E-state index < -0.39 is 5.82 Å². The molecule has 34 heavy (non-hydrogen) atoms. The Balaban J connectivity index is 1.35. The lowest BCUT2D eigenvalue weighted by molar-refractivity contribution is 0.0733. The van der Waals surface area contributed by atoms with Crippen molar-refractivity contribution in [2.24, 2.45) is 0 Å². The molecule has 1 amide bonds. The minimum atomic E-state index is -0.405. The number of amides is 1. The van der Waals surface area contributed by atoms with Crippen molar-refractivity contribution in [1.29, 1.82) is 0 Å². The molecule has 2 aliphatic heterocycles. The van der Waals surface area contributed by atoms with Gasteiger partial charge in [-0.05, 0) is 30.3 Å². The van der Waals surface area contributed by atoms with Gasteiger partial charge in [0.05, 0.1) is 12.2 Å². The van der Waals surface area contributed by atoms with Crippen LogP contribution in [0.3, 0.4) is 0 Å². The van der Waals surface area contributed by atoms with E-state index in [0.717, 1.165) is 49.2 Å². The third-order valence-corrected chi connectivity index (χ3v) is 6.49. The Labute approximate surface area is 199 Å². The molecular formula is C26H29FN6O. The van der Waals surface area contributed by atoms with Gasteiger partial charge in [-0.3, -0.25) is 4.79 Å². The zero-order valence-corrected chi connectivity index (χ0v) is 19.6. The summed E-state index contributed by atoms with van der Waals surface area (Å²) >= 11 is 0. The first-order valence-electron chi connectivity index (χ1n) is 11.7. The van der Waals surface area contributed by atoms with Crippen LogP contribution in [0.25, 0.3) is 0 Å². The molecule has 0 bridgehead atoms. The van der Waals surface area contributed by atoms with Gasteiger partial charge in [-0.15, -0.1) is 0 Å². The van der Waals surface area contributed by atoms with Crippen LogP contribution in [0.2, 0.25) is 0 Å². The normalized spacial score (nSPS) is 15.8. The number of piperazine rings is 1. The predicted octanol–water partition coefficient (Wildman–Crippen LogP) is 3.21. The third kappa shape index (κ3) is 4.40. The molecule has 5 rings (SSSR count). The van der Waals surface area contributed by atoms with Crippen molar-refractivity contribution in [3.63, 3.8) is 0 Å². The number of para-hydroxylation sites is 1. The molecule has 0 unspecified atom stereocenters. The molecule has 0 radical (unpaired) electrons. The number of hydrogen-bond acceptors (Lipinski definition) is 6. The highest BCUT2D eigenvalue weighted by Crippen LogP contribution is 2.29. The highest BCUT2D eigenvalue weighted by Gasteiger charge is 2.29. The summed E-state index contributed by atoms with van der Waals surface area (Å²) < 4.78 is 13.6. The number of fused-ring (bicyclic) bond motifs is 1. The summed E-state index contributed by atoms with van der Waals surface area (Å²) in [6.45, 7) is 4.50. The minimum Gasteiger partial charge on any atom is -0.368 e. The molecule has 1 fully saturated rings. The lowest BCUT2D eigenvalue weighted by Crippen LogP contribution is -2.47. The molecule has 0 saturated carbocycles. The Morgan fingerprint density at radius 3 is 2.35 bits per heavy atom. The van der Waals surface area contributed by atoms with Crippen molar-refractivity contribution >= 4 is 23.4 Å². The molecular weight excluding hydrogens is 431 g/mol. The standard InChI is InChI=1S/C26H29FN6O/c1-30(2)24-22-18-33(25(34)19-7-6-8-20(27)17-19)12-11-23(22)28-26(29-24)32-15-13-31(14-16-32)21-9-4-3-5-10-21/h3-10,17H,11-16,18H2,1-2H3. The second-order valence-electron chi connectivity index (χ2n) is 8.96. The summed E-state index contributed by atoms with van der Waals surface area (Å²) in [6, 6.07) is 16.3. The van der Waals surface area contributed by atoms with E-state index in [1.54, 1.807) is 17.0 Å². The first-order valence-corrected chi connectivity index (χ1v) is 11.7. The Morgan fingerprint density at radius 2 is 1.65 bits per heavy atom. The number of rotatable bonds is 4. The van der Waals surface area contributed by atoms with Gasteiger partial charge in [0, 0.05) is 70.1 Å². The van der Waals surface area contributed by atoms with Gasteiger partial charge in [0.1, 0.15) is 11.6 Å². The number of carbonyl (C=O) groups is 1. The van der Waals surface area contributed by atoms with Crippen molar-refractivity contribution in [3.05, 3.63) is 77.2 Å². The van der Waals surface area contributed by atoms with Crippen molar-refractivity contribution in [2.45, 2.75) is 13.0 Å². The predicted molar refractivity (Wildman–Crippen MR) is 132 cm³/mol. The van der Waals surface area contributed by atoms with E-state index in [1.807, 2.05) is 25.1 Å². The number of hydrogen-bond donors (Lipinski definition) is 0. The lowest BCUT2D eigenvalue weighted by Gasteiger charge is -2.37. The van der Waals surface area contributed by atoms with E-state index in [2.05, 4.69) is 34.1 Å². The average Bonchev–Trinajstić information content (AvgIpc) is 2.88. The molecule has 0 atom stereocenters. The van der Waals surface area contributed by atoms with Gasteiger partial charge in [0.2, 0.25) is 5.95 Å². The molecule has 1 aromatic heterocycles. The van der Waals surface area contributed by atoms with Crippen LogP contribution in [0, 0.1) is 5.82 Å². The fourth-order valence-corrected chi connectivity index (χ4v) is 4.68. The van der Waals surface area contributed by atoms with Crippen LogP contribution in [0.1, 0.15) is 21.6 Å². The van der Waals surface area contributed by atoms with E-state index in [0.29, 0.717) is 25.1 Å². The van der Waals surface area contributed by atoms with Crippen LogP contribution in [-0.2, 0) is 13.0 Å². The molecule has 176 valence electrons. The second-order valence-corrected chi connectivity index (χ2v) is 8.96. The van der Waals surface area contributed by atoms with Gasteiger partial charge in [-0.1, -0.05) is 24.3 Å². The van der Waals surface area contributed by atoms with Crippen LogP contribution in [0.5, 0.6) is 0 Å². The van der Waals surface area contributed by atoms with Crippen molar-refractivity contribution in [2.75, 3.05) is 61.5 Å². The summed E-state index contributed by atoms with van der Waals surface area (Å²) in [4.78, 5) is 31.2. The van der Waals surface area contributed by atoms with Crippen LogP contribution in [-0.4, -0.2) is 67.6 Å². The van der Waals surface area contributed by atoms with E-state index >= 15 is 0 Å². The largest absolute Gasteiger partial charge is 0.368 e. The monoisotopic (exact) mass is 460 g/mol. The number of anilines is 3. The fourth-order valence-electron chi connectivity index (χ4n) is 4.68. The molecule has 3 aromatic rings. The Hall–Kier alpha value is -3.68. The average molecular weight is 461 g/mol. The van der Waals surface area contributed by atoms with E-state index in [1.165, 1.54) is 17.8 Å². The van der Waals surface area contributed by atoms with Gasteiger partial charge in [-0.25, -0.2) is 9.37 Å². The molecule has 3 heterocycles. The second kappa shape index (κ2) is 9.29. The third-order valence-electron chi connectivity index (χ3n) is 6.49. The maximum absolute atomic E-state index is 13.6. The van der Waals surface area contributed by atoms with E-state index in [4.69, 9.17) is 9.97 Å². The maximum Gasteiger partial charge on any atom is 0.254 e. The van der Waals surface area contributed by atoms with E-state index in [9.17, 15) is 9.18 Å². The van der Waals surface area contributed by atoms with Gasteiger partial charge in [0.15, 0.2) is 0 Å². The zero-order chi connectivity index (χ0) is 23.7. The van der Waals surface area contributed by atoms with Gasteiger partial charge in [-0.2, -0.15) is 4.98 Å². The topological polar surface area (TPSA) is 55.8 Å². The van der Waals surface area contributed by atoms with Crippen LogP contribution in [0.15, 0.2) is 54.6 Å². The molecule has 1 saturated heterocycles. The van der Waals surface area contributed by atoms with Crippen molar-refractivity contribution in [3.8, 4) is 0 Å². The summed E-state index contributed by atoms with van der Waals surface area (Å²) in [5.74, 6) is 1.01. The van der Waals surface area contributed by atoms with Crippen LogP contribution >= 0.6 is 0 Å². The highest BCUT2D eigenvalue weighted by molar-refractivity contribution is 5.94. The summed E-state index contributed by atoms with van der Waals surface area (Å²) in [6.07, 6.45) is 0.650. The van der Waals surface area contributed by atoms with Crippen molar-refractivity contribution < 1.29 is 9.18 Å². The van der Waals surface area contributed by atoms with Gasteiger partial charge < -0.3 is 19.6 Å². The van der Waals surface area contributed by atoms with Crippen LogP contribution < -0.4 is 14.7 Å². The van der Waals surface area contributed by atoms with Crippen LogP contribution in [0.4, 0.5) is 21.8 Å². The number of carbonyl (C=O) groups excluding carboxylic acids is 1. The Bertz CT molecular complexity index is 1180. The fraction of sp³-hybridized carbons (Fsp3) is 0.346. The number of benzene rings is 2. The number of halogens is 1. The summed E-state index contributed by atoms with van der Waals surface area (Å²) in [7, 11) is 3.93. The minimum absolute atomic E-state index is 0.170. The Morgan fingerprint density at radius 1 is 0.912 bits per heavy atom.